The molecular formula is C25H28N2O5S. The van der Waals surface area contributed by atoms with E-state index in [0.717, 1.165) is 35.7 Å². The fourth-order valence-corrected chi connectivity index (χ4v) is 6.66. The molecule has 174 valence electrons. The third-order valence-electron chi connectivity index (χ3n) is 6.98. The predicted octanol–water partition coefficient (Wildman–Crippen LogP) is 3.49. The highest BCUT2D eigenvalue weighted by Gasteiger charge is 2.49. The van der Waals surface area contributed by atoms with Crippen molar-refractivity contribution >= 4 is 21.8 Å². The third kappa shape index (κ3) is 4.12. The van der Waals surface area contributed by atoms with E-state index in [4.69, 9.17) is 4.74 Å². The molecular weight excluding hydrogens is 440 g/mol. The zero-order valence-corrected chi connectivity index (χ0v) is 19.5. The molecule has 2 aliphatic heterocycles. The van der Waals surface area contributed by atoms with Crippen molar-refractivity contribution in [2.45, 2.75) is 49.5 Å². The number of hydrogen-bond acceptors (Lipinski definition) is 5. The van der Waals surface area contributed by atoms with E-state index in [9.17, 15) is 18.0 Å². The second-order valence-electron chi connectivity index (χ2n) is 9.17. The van der Waals surface area contributed by atoms with Crippen molar-refractivity contribution in [3.8, 4) is 5.75 Å². The number of benzene rings is 2. The van der Waals surface area contributed by atoms with Gasteiger partial charge in [-0.2, -0.15) is 0 Å². The van der Waals surface area contributed by atoms with Crippen LogP contribution in [0, 0.1) is 5.92 Å². The van der Waals surface area contributed by atoms with Gasteiger partial charge in [0.15, 0.2) is 0 Å². The van der Waals surface area contributed by atoms with E-state index < -0.39 is 15.9 Å². The van der Waals surface area contributed by atoms with Crippen LogP contribution < -0.4 is 4.74 Å². The number of carbonyl (C=O) groups is 2. The Labute approximate surface area is 194 Å². The first-order valence-corrected chi connectivity index (χ1v) is 13.0. The molecule has 0 bridgehead atoms. The fourth-order valence-electron chi connectivity index (χ4n) is 4.82. The molecule has 1 saturated heterocycles. The van der Waals surface area contributed by atoms with E-state index in [1.807, 2.05) is 12.1 Å². The molecule has 2 aromatic rings. The first kappa shape index (κ1) is 21.9. The molecule has 33 heavy (non-hydrogen) atoms. The van der Waals surface area contributed by atoms with Gasteiger partial charge in [0.2, 0.25) is 0 Å². The number of aryl methyl sites for hydroxylation is 1. The fraction of sp³-hybridized carbons (Fsp3) is 0.440. The summed E-state index contributed by atoms with van der Waals surface area (Å²) < 4.78 is 31.9. The third-order valence-corrected chi connectivity index (χ3v) is 8.85. The van der Waals surface area contributed by atoms with E-state index in [1.165, 1.54) is 17.7 Å². The summed E-state index contributed by atoms with van der Waals surface area (Å²) in [5, 5.41) is 0. The Hall–Kier alpha value is -2.87. The van der Waals surface area contributed by atoms with Crippen molar-refractivity contribution in [2.75, 3.05) is 20.2 Å². The Bertz CT molecular complexity index is 1180. The van der Waals surface area contributed by atoms with Crippen molar-refractivity contribution in [1.29, 1.82) is 0 Å². The van der Waals surface area contributed by atoms with Crippen LogP contribution in [0.2, 0.25) is 0 Å². The Morgan fingerprint density at radius 1 is 1.03 bits per heavy atom. The van der Waals surface area contributed by atoms with Gasteiger partial charge in [0, 0.05) is 24.7 Å². The molecule has 0 aromatic heterocycles. The highest BCUT2D eigenvalue weighted by Crippen LogP contribution is 2.40. The monoisotopic (exact) mass is 468 g/mol. The number of nitrogens with zero attached hydrogens (tertiary/aromatic N) is 2. The average molecular weight is 469 g/mol. The van der Waals surface area contributed by atoms with Gasteiger partial charge in [0.1, 0.15) is 10.6 Å². The molecule has 3 aliphatic rings. The molecule has 2 fully saturated rings. The summed E-state index contributed by atoms with van der Waals surface area (Å²) >= 11 is 0. The van der Waals surface area contributed by atoms with Crippen LogP contribution in [-0.4, -0.2) is 55.7 Å². The molecule has 1 aliphatic carbocycles. The number of fused-ring (bicyclic) bond motifs is 1. The lowest BCUT2D eigenvalue weighted by Gasteiger charge is -2.32. The predicted molar refractivity (Wildman–Crippen MR) is 123 cm³/mol. The molecule has 1 saturated carbocycles. The standard InChI is InChI=1S/C25H28N2O5S/c1-32-21-9-4-17(5-10-21)2-3-18-12-14-26(15-13-18)24(28)19-6-11-22-23(16-19)33(30,31)27(25(22)29)20-7-8-20/h4-6,9-11,16,18,20H,2-3,7-8,12-15H2,1H3. The lowest BCUT2D eigenvalue weighted by molar-refractivity contribution is 0.0686. The van der Waals surface area contributed by atoms with Crippen LogP contribution in [0.3, 0.4) is 0 Å². The zero-order chi connectivity index (χ0) is 23.2. The van der Waals surface area contributed by atoms with Crippen LogP contribution in [0.4, 0.5) is 0 Å². The molecule has 7 nitrogen and oxygen atoms in total. The van der Waals surface area contributed by atoms with E-state index in [1.54, 1.807) is 18.1 Å². The molecule has 0 atom stereocenters. The number of amides is 2. The van der Waals surface area contributed by atoms with Crippen LogP contribution in [0.25, 0.3) is 0 Å². The van der Waals surface area contributed by atoms with Crippen molar-refractivity contribution in [2.24, 2.45) is 5.92 Å². The average Bonchev–Trinajstić information content (AvgIpc) is 3.64. The van der Waals surface area contributed by atoms with Gasteiger partial charge in [-0.3, -0.25) is 9.59 Å². The zero-order valence-electron chi connectivity index (χ0n) is 18.7. The van der Waals surface area contributed by atoms with Crippen molar-refractivity contribution in [3.05, 3.63) is 59.2 Å². The maximum Gasteiger partial charge on any atom is 0.269 e. The number of hydrogen-bond donors (Lipinski definition) is 0. The second kappa shape index (κ2) is 8.48. The smallest absolute Gasteiger partial charge is 0.269 e. The van der Waals surface area contributed by atoms with Gasteiger partial charge < -0.3 is 9.64 Å². The number of carbonyl (C=O) groups excluding carboxylic acids is 2. The summed E-state index contributed by atoms with van der Waals surface area (Å²) in [5.74, 6) is 0.777. The number of piperidine rings is 1. The molecule has 0 N–H and O–H groups in total. The quantitative estimate of drug-likeness (QED) is 0.648. The number of likely N-dealkylation sites (tertiary alicyclic amines) is 1. The molecule has 2 aromatic carbocycles. The SMILES string of the molecule is COc1ccc(CCC2CCN(C(=O)c3ccc4c(c3)S(=O)(=O)N(C3CC3)C4=O)CC2)cc1. The largest absolute Gasteiger partial charge is 0.497 e. The molecule has 0 spiro atoms. The summed E-state index contributed by atoms with van der Waals surface area (Å²) in [7, 11) is -2.20. The summed E-state index contributed by atoms with van der Waals surface area (Å²) in [6.07, 6.45) is 5.34. The van der Waals surface area contributed by atoms with Crippen LogP contribution in [0.1, 0.15) is 58.4 Å². The van der Waals surface area contributed by atoms with Crippen LogP contribution in [-0.2, 0) is 16.4 Å². The minimum atomic E-state index is -3.86. The maximum absolute atomic E-state index is 13.1. The highest BCUT2D eigenvalue weighted by molar-refractivity contribution is 7.90. The Balaban J connectivity index is 1.20. The molecule has 0 radical (unpaired) electrons. The summed E-state index contributed by atoms with van der Waals surface area (Å²) in [5.41, 5.74) is 1.79. The molecule has 2 heterocycles. The lowest BCUT2D eigenvalue weighted by atomic mass is 9.90. The molecule has 2 amide bonds. The van der Waals surface area contributed by atoms with E-state index in [0.29, 0.717) is 37.4 Å². The normalized spacial score (nSPS) is 20.1. The van der Waals surface area contributed by atoms with Crippen LogP contribution in [0.15, 0.2) is 47.4 Å². The number of ether oxygens (including phenoxy) is 1. The minimum absolute atomic E-state index is 0.0281. The summed E-state index contributed by atoms with van der Waals surface area (Å²) in [6, 6.07) is 12.4. The Morgan fingerprint density at radius 3 is 2.36 bits per heavy atom. The Morgan fingerprint density at radius 2 is 1.73 bits per heavy atom. The van der Waals surface area contributed by atoms with Crippen LogP contribution >= 0.6 is 0 Å². The Kier molecular flexibility index (Phi) is 5.64. The van der Waals surface area contributed by atoms with Gasteiger partial charge >= 0.3 is 0 Å². The van der Waals surface area contributed by atoms with Gasteiger partial charge in [-0.25, -0.2) is 12.7 Å². The first-order valence-electron chi connectivity index (χ1n) is 11.5. The molecule has 0 unspecified atom stereocenters. The van der Waals surface area contributed by atoms with Gasteiger partial charge in [0.25, 0.3) is 21.8 Å². The van der Waals surface area contributed by atoms with Gasteiger partial charge in [0.05, 0.1) is 12.7 Å². The molecule has 8 heteroatoms. The van der Waals surface area contributed by atoms with Gasteiger partial charge in [-0.05, 0) is 80.3 Å². The van der Waals surface area contributed by atoms with E-state index in [2.05, 4.69) is 12.1 Å². The van der Waals surface area contributed by atoms with E-state index in [-0.39, 0.29) is 22.4 Å². The van der Waals surface area contributed by atoms with Crippen molar-refractivity contribution in [3.63, 3.8) is 0 Å². The summed E-state index contributed by atoms with van der Waals surface area (Å²) in [4.78, 5) is 27.4. The molecule has 5 rings (SSSR count). The summed E-state index contributed by atoms with van der Waals surface area (Å²) in [6.45, 7) is 1.31. The van der Waals surface area contributed by atoms with Crippen molar-refractivity contribution < 1.29 is 22.7 Å². The topological polar surface area (TPSA) is 84.0 Å². The highest BCUT2D eigenvalue weighted by atomic mass is 32.2. The maximum atomic E-state index is 13.1. The van der Waals surface area contributed by atoms with E-state index >= 15 is 0 Å². The van der Waals surface area contributed by atoms with Gasteiger partial charge in [-0.15, -0.1) is 0 Å². The van der Waals surface area contributed by atoms with Gasteiger partial charge in [-0.1, -0.05) is 12.1 Å². The second-order valence-corrected chi connectivity index (χ2v) is 11.0. The number of methoxy groups -OCH3 is 1. The number of rotatable bonds is 6. The first-order chi connectivity index (χ1) is 15.9. The van der Waals surface area contributed by atoms with Crippen LogP contribution in [0.5, 0.6) is 5.75 Å². The lowest BCUT2D eigenvalue weighted by Crippen LogP contribution is -2.38. The van der Waals surface area contributed by atoms with Crippen molar-refractivity contribution in [1.82, 2.24) is 9.21 Å². The number of sulfonamides is 1. The minimum Gasteiger partial charge on any atom is -0.497 e.